The normalized spacial score (nSPS) is 16.6. The molecule has 0 aliphatic carbocycles. The number of carbonyl (C=O) groups excluding carboxylic acids is 1. The average molecular weight is 393 g/mol. The van der Waals surface area contributed by atoms with Crippen LogP contribution in [0.1, 0.15) is 40.4 Å². The third kappa shape index (κ3) is 3.97. The van der Waals surface area contributed by atoms with Crippen LogP contribution in [0.3, 0.4) is 0 Å². The van der Waals surface area contributed by atoms with Crippen LogP contribution in [0.4, 0.5) is 5.82 Å². The van der Waals surface area contributed by atoms with Gasteiger partial charge in [-0.2, -0.15) is 5.10 Å². The number of aromatic nitrogens is 3. The van der Waals surface area contributed by atoms with Crippen molar-refractivity contribution in [3.63, 3.8) is 0 Å². The second kappa shape index (κ2) is 8.00. The van der Waals surface area contributed by atoms with Gasteiger partial charge in [0.1, 0.15) is 17.1 Å². The van der Waals surface area contributed by atoms with Gasteiger partial charge >= 0.3 is 5.63 Å². The summed E-state index contributed by atoms with van der Waals surface area (Å²) < 4.78 is 7.06. The van der Waals surface area contributed by atoms with Gasteiger partial charge in [0.2, 0.25) is 0 Å². The monoisotopic (exact) mass is 393 g/mol. The lowest BCUT2D eigenvalue weighted by Crippen LogP contribution is -2.30. The average Bonchev–Trinajstić information content (AvgIpc) is 3.09. The van der Waals surface area contributed by atoms with E-state index in [1.807, 2.05) is 12.1 Å². The predicted molar refractivity (Wildman–Crippen MR) is 109 cm³/mol. The van der Waals surface area contributed by atoms with E-state index in [0.29, 0.717) is 22.8 Å². The fourth-order valence-electron chi connectivity index (χ4n) is 3.62. The summed E-state index contributed by atoms with van der Waals surface area (Å²) in [5.41, 5.74) is 1.53. The molecule has 1 amide bonds. The van der Waals surface area contributed by atoms with Crippen LogP contribution in [0.15, 0.2) is 45.9 Å². The van der Waals surface area contributed by atoms with Gasteiger partial charge in [-0.05, 0) is 50.1 Å². The minimum atomic E-state index is -0.613. The van der Waals surface area contributed by atoms with Gasteiger partial charge in [-0.1, -0.05) is 0 Å². The van der Waals surface area contributed by atoms with E-state index in [9.17, 15) is 9.59 Å². The van der Waals surface area contributed by atoms with Crippen molar-refractivity contribution in [2.75, 3.05) is 18.4 Å². The van der Waals surface area contributed by atoms with Gasteiger partial charge in [-0.3, -0.25) is 14.5 Å². The number of hydrogen-bond donors (Lipinski definition) is 2. The molecule has 8 heteroatoms. The zero-order valence-corrected chi connectivity index (χ0v) is 16.4. The molecule has 2 N–H and O–H groups in total. The molecule has 29 heavy (non-hydrogen) atoms. The number of carbonyl (C=O) groups is 1. The van der Waals surface area contributed by atoms with Crippen molar-refractivity contribution in [1.82, 2.24) is 20.1 Å². The molecule has 1 aliphatic heterocycles. The molecule has 3 aromatic rings. The van der Waals surface area contributed by atoms with Crippen molar-refractivity contribution in [3.8, 4) is 11.3 Å². The first-order chi connectivity index (χ1) is 14.0. The molecule has 1 aliphatic rings. The lowest BCUT2D eigenvalue weighted by atomic mass is 9.95. The molecule has 1 atom stereocenters. The van der Waals surface area contributed by atoms with Crippen LogP contribution >= 0.6 is 0 Å². The highest BCUT2D eigenvalue weighted by molar-refractivity contribution is 6.04. The smallest absolute Gasteiger partial charge is 0.349 e. The Morgan fingerprint density at radius 3 is 2.93 bits per heavy atom. The highest BCUT2D eigenvalue weighted by Crippen LogP contribution is 2.24. The number of anilines is 1. The molecule has 4 heterocycles. The second-order valence-electron chi connectivity index (χ2n) is 7.27. The summed E-state index contributed by atoms with van der Waals surface area (Å²) in [6.45, 7) is 3.52. The highest BCUT2D eigenvalue weighted by Gasteiger charge is 2.23. The molecule has 0 saturated carbocycles. The van der Waals surface area contributed by atoms with E-state index in [0.717, 1.165) is 31.5 Å². The number of rotatable bonds is 4. The van der Waals surface area contributed by atoms with Crippen LogP contribution in [-0.2, 0) is 7.05 Å². The van der Waals surface area contributed by atoms with E-state index < -0.39 is 11.5 Å². The maximum absolute atomic E-state index is 12.8. The fraction of sp³-hybridized carbons (Fsp3) is 0.333. The summed E-state index contributed by atoms with van der Waals surface area (Å²) >= 11 is 0. The maximum Gasteiger partial charge on any atom is 0.349 e. The van der Waals surface area contributed by atoms with E-state index in [1.54, 1.807) is 43.2 Å². The summed E-state index contributed by atoms with van der Waals surface area (Å²) in [4.78, 5) is 29.5. The molecule has 0 aromatic carbocycles. The topological polar surface area (TPSA) is 102 Å². The molecular formula is C21H23N5O3. The van der Waals surface area contributed by atoms with Crippen LogP contribution in [0.5, 0.6) is 0 Å². The molecule has 1 saturated heterocycles. The summed E-state index contributed by atoms with van der Waals surface area (Å²) in [7, 11) is 1.73. The lowest BCUT2D eigenvalue weighted by molar-refractivity contribution is 0.102. The summed E-state index contributed by atoms with van der Waals surface area (Å²) in [6, 6.07) is 7.25. The van der Waals surface area contributed by atoms with Gasteiger partial charge in [0.25, 0.3) is 5.91 Å². The highest BCUT2D eigenvalue weighted by atomic mass is 16.4. The van der Waals surface area contributed by atoms with Crippen LogP contribution in [-0.4, -0.2) is 33.8 Å². The molecule has 4 rings (SSSR count). The zero-order valence-electron chi connectivity index (χ0n) is 16.4. The van der Waals surface area contributed by atoms with Gasteiger partial charge in [0, 0.05) is 43.5 Å². The number of pyridine rings is 1. The van der Waals surface area contributed by atoms with Crippen molar-refractivity contribution in [2.45, 2.75) is 25.7 Å². The summed E-state index contributed by atoms with van der Waals surface area (Å²) in [6.07, 6.45) is 5.39. The first kappa shape index (κ1) is 19.1. The minimum Gasteiger partial charge on any atom is -0.427 e. The number of amides is 1. The first-order valence-corrected chi connectivity index (χ1v) is 9.64. The third-order valence-electron chi connectivity index (χ3n) is 5.17. The molecule has 0 bridgehead atoms. The SMILES string of the molecule is Cc1cc(C2CCCNC2)oc(=O)c1C(=O)Nc1cc(-c2cccnc2)nn1C. The van der Waals surface area contributed by atoms with Crippen LogP contribution in [0.2, 0.25) is 0 Å². The van der Waals surface area contributed by atoms with E-state index in [1.165, 1.54) is 0 Å². The molecule has 1 fully saturated rings. The summed E-state index contributed by atoms with van der Waals surface area (Å²) in [5, 5.41) is 10.5. The fourth-order valence-corrected chi connectivity index (χ4v) is 3.62. The van der Waals surface area contributed by atoms with Crippen molar-refractivity contribution < 1.29 is 9.21 Å². The maximum atomic E-state index is 12.8. The quantitative estimate of drug-likeness (QED) is 0.706. The Bertz CT molecular complexity index is 1080. The molecule has 0 spiro atoms. The largest absolute Gasteiger partial charge is 0.427 e. The Morgan fingerprint density at radius 2 is 2.24 bits per heavy atom. The van der Waals surface area contributed by atoms with Crippen molar-refractivity contribution in [1.29, 1.82) is 0 Å². The zero-order chi connectivity index (χ0) is 20.4. The van der Waals surface area contributed by atoms with Crippen LogP contribution in [0.25, 0.3) is 11.3 Å². The van der Waals surface area contributed by atoms with Crippen LogP contribution < -0.4 is 16.3 Å². The standard InChI is InChI=1S/C21H23N5O3/c1-13-9-17(15-6-4-8-23-12-15)29-21(28)19(13)20(27)24-18-10-16(25-26(18)2)14-5-3-7-22-11-14/h3,5,7,9-11,15,23H,4,6,8,12H2,1-2H3,(H,24,27). The van der Waals surface area contributed by atoms with E-state index in [-0.39, 0.29) is 11.5 Å². The van der Waals surface area contributed by atoms with E-state index in [4.69, 9.17) is 4.42 Å². The van der Waals surface area contributed by atoms with Crippen molar-refractivity contribution >= 4 is 11.7 Å². The van der Waals surface area contributed by atoms with Crippen molar-refractivity contribution in [2.24, 2.45) is 7.05 Å². The Hall–Kier alpha value is -3.26. The third-order valence-corrected chi connectivity index (χ3v) is 5.17. The van der Waals surface area contributed by atoms with Crippen molar-refractivity contribution in [3.05, 3.63) is 64.0 Å². The molecular weight excluding hydrogens is 370 g/mol. The Kier molecular flexibility index (Phi) is 5.26. The Labute approximate surface area is 168 Å². The van der Waals surface area contributed by atoms with E-state index in [2.05, 4.69) is 20.7 Å². The number of aryl methyl sites for hydroxylation is 2. The van der Waals surface area contributed by atoms with Gasteiger partial charge in [-0.25, -0.2) is 4.79 Å². The number of hydrogen-bond acceptors (Lipinski definition) is 6. The number of nitrogens with one attached hydrogen (secondary N) is 2. The number of piperidine rings is 1. The van der Waals surface area contributed by atoms with Gasteiger partial charge in [0.05, 0.1) is 5.69 Å². The lowest BCUT2D eigenvalue weighted by Gasteiger charge is -2.22. The molecule has 1 unspecified atom stereocenters. The molecule has 8 nitrogen and oxygen atoms in total. The van der Waals surface area contributed by atoms with Gasteiger partial charge < -0.3 is 15.1 Å². The van der Waals surface area contributed by atoms with Gasteiger partial charge in [-0.15, -0.1) is 0 Å². The van der Waals surface area contributed by atoms with E-state index >= 15 is 0 Å². The first-order valence-electron chi connectivity index (χ1n) is 9.64. The summed E-state index contributed by atoms with van der Waals surface area (Å²) in [5.74, 6) is 0.764. The molecule has 150 valence electrons. The number of nitrogens with zero attached hydrogens (tertiary/aromatic N) is 3. The van der Waals surface area contributed by atoms with Gasteiger partial charge in [0.15, 0.2) is 0 Å². The van der Waals surface area contributed by atoms with Crippen LogP contribution in [0, 0.1) is 6.92 Å². The minimum absolute atomic E-state index is 0.0154. The predicted octanol–water partition coefficient (Wildman–Crippen LogP) is 2.46. The molecule has 0 radical (unpaired) electrons. The molecule has 3 aromatic heterocycles. The second-order valence-corrected chi connectivity index (χ2v) is 7.27. The Morgan fingerprint density at radius 1 is 1.38 bits per heavy atom. The Balaban J connectivity index is 1.57.